The molecule has 0 fully saturated rings. The molecule has 0 saturated carbocycles. The van der Waals surface area contributed by atoms with Crippen molar-refractivity contribution in [1.29, 1.82) is 0 Å². The smallest absolute Gasteiger partial charge is 0.264 e. The van der Waals surface area contributed by atoms with Gasteiger partial charge in [-0.2, -0.15) is 0 Å². The number of anilines is 1. The van der Waals surface area contributed by atoms with Crippen molar-refractivity contribution >= 4 is 21.6 Å². The first kappa shape index (κ1) is 20.2. The van der Waals surface area contributed by atoms with Gasteiger partial charge in [0.05, 0.1) is 10.6 Å². The summed E-state index contributed by atoms with van der Waals surface area (Å²) in [4.78, 5) is 12.0. The standard InChI is InChI=1S/C21H26N2O4S/c1-15(2)22-21(24)14-27-20-11-10-18(13-16(20)3)28(25,26)23-12-6-8-17-7-4-5-9-19(17)23/h4-5,7,9-11,13,15H,6,8,12,14H2,1-3H3,(H,22,24). The summed E-state index contributed by atoms with van der Waals surface area (Å²) in [6.07, 6.45) is 1.67. The van der Waals surface area contributed by atoms with E-state index in [0.717, 1.165) is 24.1 Å². The van der Waals surface area contributed by atoms with Gasteiger partial charge in [-0.3, -0.25) is 9.10 Å². The van der Waals surface area contributed by atoms with Crippen LogP contribution < -0.4 is 14.4 Å². The van der Waals surface area contributed by atoms with Gasteiger partial charge in [0.15, 0.2) is 6.61 Å². The molecule has 0 spiro atoms. The highest BCUT2D eigenvalue weighted by Crippen LogP contribution is 2.33. The first-order valence-corrected chi connectivity index (χ1v) is 10.9. The van der Waals surface area contributed by atoms with Crippen LogP contribution in [0.3, 0.4) is 0 Å². The quantitative estimate of drug-likeness (QED) is 0.806. The maximum Gasteiger partial charge on any atom is 0.264 e. The van der Waals surface area contributed by atoms with Crippen molar-refractivity contribution in [3.8, 4) is 5.75 Å². The molecule has 150 valence electrons. The fraction of sp³-hybridized carbons (Fsp3) is 0.381. The van der Waals surface area contributed by atoms with E-state index >= 15 is 0 Å². The summed E-state index contributed by atoms with van der Waals surface area (Å²) in [6.45, 7) is 5.89. The van der Waals surface area contributed by atoms with Crippen LogP contribution in [0.15, 0.2) is 47.4 Å². The molecule has 0 aromatic heterocycles. The number of hydrogen-bond donors (Lipinski definition) is 1. The van der Waals surface area contributed by atoms with Crippen LogP contribution in [0.1, 0.15) is 31.4 Å². The maximum absolute atomic E-state index is 13.2. The van der Waals surface area contributed by atoms with E-state index < -0.39 is 10.0 Å². The third-order valence-corrected chi connectivity index (χ3v) is 6.42. The Morgan fingerprint density at radius 1 is 1.21 bits per heavy atom. The first-order valence-electron chi connectivity index (χ1n) is 9.42. The highest BCUT2D eigenvalue weighted by molar-refractivity contribution is 7.92. The van der Waals surface area contributed by atoms with Crippen LogP contribution in [0.2, 0.25) is 0 Å². The molecule has 0 bridgehead atoms. The molecule has 2 aromatic carbocycles. The summed E-state index contributed by atoms with van der Waals surface area (Å²) in [5, 5.41) is 2.75. The number of nitrogens with one attached hydrogen (secondary N) is 1. The van der Waals surface area contributed by atoms with Crippen LogP contribution in [0, 0.1) is 6.92 Å². The Bertz CT molecular complexity index is 970. The van der Waals surface area contributed by atoms with E-state index in [1.807, 2.05) is 38.1 Å². The molecule has 0 saturated heterocycles. The number of carbonyl (C=O) groups excluding carboxylic acids is 1. The molecule has 1 aliphatic rings. The zero-order chi connectivity index (χ0) is 20.3. The van der Waals surface area contributed by atoms with Crippen LogP contribution >= 0.6 is 0 Å². The molecule has 0 atom stereocenters. The van der Waals surface area contributed by atoms with Crippen molar-refractivity contribution in [3.05, 3.63) is 53.6 Å². The van der Waals surface area contributed by atoms with E-state index in [1.165, 1.54) is 10.4 Å². The number of amides is 1. The Labute approximate surface area is 166 Å². The Kier molecular flexibility index (Phi) is 5.93. The second kappa shape index (κ2) is 8.22. The molecule has 6 nitrogen and oxygen atoms in total. The number of carbonyl (C=O) groups is 1. The predicted octanol–water partition coefficient (Wildman–Crippen LogP) is 3.04. The number of aryl methyl sites for hydroxylation is 2. The van der Waals surface area contributed by atoms with Gasteiger partial charge in [-0.1, -0.05) is 18.2 Å². The van der Waals surface area contributed by atoms with Gasteiger partial charge in [-0.05, 0) is 69.0 Å². The first-order chi connectivity index (χ1) is 13.3. The zero-order valence-electron chi connectivity index (χ0n) is 16.4. The minimum absolute atomic E-state index is 0.0390. The van der Waals surface area contributed by atoms with Crippen LogP contribution in [0.4, 0.5) is 5.69 Å². The van der Waals surface area contributed by atoms with E-state index in [9.17, 15) is 13.2 Å². The maximum atomic E-state index is 13.2. The predicted molar refractivity (Wildman–Crippen MR) is 109 cm³/mol. The number of para-hydroxylation sites is 1. The Morgan fingerprint density at radius 2 is 1.96 bits per heavy atom. The molecule has 3 rings (SSSR count). The number of hydrogen-bond acceptors (Lipinski definition) is 4. The number of sulfonamides is 1. The summed E-state index contributed by atoms with van der Waals surface area (Å²) in [5.74, 6) is 0.285. The van der Waals surface area contributed by atoms with Crippen LogP contribution in [0.5, 0.6) is 5.75 Å². The summed E-state index contributed by atoms with van der Waals surface area (Å²) < 4.78 is 33.5. The van der Waals surface area contributed by atoms with Gasteiger partial charge >= 0.3 is 0 Å². The van der Waals surface area contributed by atoms with Crippen molar-refractivity contribution in [2.24, 2.45) is 0 Å². The SMILES string of the molecule is Cc1cc(S(=O)(=O)N2CCCc3ccccc32)ccc1OCC(=O)NC(C)C. The van der Waals surface area contributed by atoms with Crippen molar-refractivity contribution in [3.63, 3.8) is 0 Å². The number of benzene rings is 2. The topological polar surface area (TPSA) is 75.7 Å². The number of rotatable bonds is 6. The van der Waals surface area contributed by atoms with Gasteiger partial charge in [0.1, 0.15) is 5.75 Å². The largest absolute Gasteiger partial charge is 0.484 e. The number of ether oxygens (including phenoxy) is 1. The van der Waals surface area contributed by atoms with E-state index in [-0.39, 0.29) is 23.5 Å². The molecule has 1 heterocycles. The minimum atomic E-state index is -3.66. The molecule has 2 aromatic rings. The Hall–Kier alpha value is -2.54. The van der Waals surface area contributed by atoms with Crippen LogP contribution in [-0.4, -0.2) is 33.5 Å². The van der Waals surface area contributed by atoms with Crippen LogP contribution in [0.25, 0.3) is 0 Å². The molecule has 28 heavy (non-hydrogen) atoms. The lowest BCUT2D eigenvalue weighted by Gasteiger charge is -2.30. The third kappa shape index (κ3) is 4.30. The number of fused-ring (bicyclic) bond motifs is 1. The lowest BCUT2D eigenvalue weighted by atomic mass is 10.0. The average Bonchev–Trinajstić information content (AvgIpc) is 2.66. The zero-order valence-corrected chi connectivity index (χ0v) is 17.3. The van der Waals surface area contributed by atoms with Crippen molar-refractivity contribution in [2.75, 3.05) is 17.5 Å². The van der Waals surface area contributed by atoms with Crippen molar-refractivity contribution in [1.82, 2.24) is 5.32 Å². The van der Waals surface area contributed by atoms with E-state index in [0.29, 0.717) is 17.9 Å². The van der Waals surface area contributed by atoms with Gasteiger partial charge in [0.2, 0.25) is 0 Å². The third-order valence-electron chi connectivity index (χ3n) is 4.61. The molecule has 0 radical (unpaired) electrons. The molecule has 1 aliphatic heterocycles. The fourth-order valence-corrected chi connectivity index (χ4v) is 4.95. The Morgan fingerprint density at radius 3 is 2.68 bits per heavy atom. The molecule has 0 unspecified atom stereocenters. The van der Waals surface area contributed by atoms with Crippen molar-refractivity contribution < 1.29 is 17.9 Å². The normalized spacial score (nSPS) is 13.9. The van der Waals surface area contributed by atoms with Gasteiger partial charge < -0.3 is 10.1 Å². The van der Waals surface area contributed by atoms with Gasteiger partial charge in [0, 0.05) is 12.6 Å². The van der Waals surface area contributed by atoms with Crippen molar-refractivity contribution in [2.45, 2.75) is 44.6 Å². The second-order valence-electron chi connectivity index (χ2n) is 7.25. The van der Waals surface area contributed by atoms with Gasteiger partial charge in [-0.25, -0.2) is 8.42 Å². The molecular weight excluding hydrogens is 376 g/mol. The monoisotopic (exact) mass is 402 g/mol. The van der Waals surface area contributed by atoms with E-state index in [4.69, 9.17) is 4.74 Å². The van der Waals surface area contributed by atoms with E-state index in [2.05, 4.69) is 5.32 Å². The lowest BCUT2D eigenvalue weighted by Crippen LogP contribution is -2.35. The molecule has 1 amide bonds. The van der Waals surface area contributed by atoms with E-state index in [1.54, 1.807) is 19.1 Å². The molecule has 7 heteroatoms. The average molecular weight is 403 g/mol. The highest BCUT2D eigenvalue weighted by atomic mass is 32.2. The van der Waals surface area contributed by atoms with Gasteiger partial charge in [0.25, 0.3) is 15.9 Å². The summed E-state index contributed by atoms with van der Waals surface area (Å²) in [6, 6.07) is 12.4. The molecule has 0 aliphatic carbocycles. The molecular formula is C21H26N2O4S. The molecule has 1 N–H and O–H groups in total. The summed E-state index contributed by atoms with van der Waals surface area (Å²) in [7, 11) is -3.66. The highest BCUT2D eigenvalue weighted by Gasteiger charge is 2.29. The lowest BCUT2D eigenvalue weighted by molar-refractivity contribution is -0.123. The number of nitrogens with zero attached hydrogens (tertiary/aromatic N) is 1. The van der Waals surface area contributed by atoms with Gasteiger partial charge in [-0.15, -0.1) is 0 Å². The Balaban J connectivity index is 1.81. The second-order valence-corrected chi connectivity index (χ2v) is 9.11. The van der Waals surface area contributed by atoms with Crippen LogP contribution in [-0.2, 0) is 21.2 Å². The summed E-state index contributed by atoms with van der Waals surface area (Å²) >= 11 is 0. The fourth-order valence-electron chi connectivity index (χ4n) is 3.33. The summed E-state index contributed by atoms with van der Waals surface area (Å²) in [5.41, 5.74) is 2.46. The minimum Gasteiger partial charge on any atom is -0.484 e.